The largest absolute Gasteiger partial charge is 0.460 e. The zero-order valence-corrected chi connectivity index (χ0v) is 12.2. The van der Waals surface area contributed by atoms with E-state index in [9.17, 15) is 9.59 Å². The summed E-state index contributed by atoms with van der Waals surface area (Å²) in [7, 11) is 0. The van der Waals surface area contributed by atoms with E-state index in [1.54, 1.807) is 6.08 Å². The van der Waals surface area contributed by atoms with Crippen LogP contribution in [0.4, 0.5) is 0 Å². The van der Waals surface area contributed by atoms with Crippen LogP contribution in [0.25, 0.3) is 0 Å². The zero-order valence-electron chi connectivity index (χ0n) is 12.2. The molecule has 108 valence electrons. The third-order valence-corrected chi connectivity index (χ3v) is 2.38. The summed E-state index contributed by atoms with van der Waals surface area (Å²) < 4.78 is 5.05. The maximum absolute atomic E-state index is 11.5. The van der Waals surface area contributed by atoms with Crippen molar-refractivity contribution in [2.75, 3.05) is 6.54 Å². The number of carbonyl (C=O) groups excluding carboxylic acids is 2. The maximum Gasteiger partial charge on any atom is 0.325 e. The van der Waals surface area contributed by atoms with Gasteiger partial charge in [-0.1, -0.05) is 57.2 Å². The van der Waals surface area contributed by atoms with Crippen molar-refractivity contribution in [1.29, 1.82) is 0 Å². The van der Waals surface area contributed by atoms with Crippen molar-refractivity contribution < 1.29 is 14.3 Å². The van der Waals surface area contributed by atoms with E-state index in [0.29, 0.717) is 0 Å². The number of ether oxygens (including phenoxy) is 1. The number of esters is 1. The van der Waals surface area contributed by atoms with E-state index in [2.05, 4.69) is 5.32 Å². The Morgan fingerprint density at radius 1 is 1.20 bits per heavy atom. The molecule has 0 aromatic heterocycles. The molecule has 0 saturated heterocycles. The van der Waals surface area contributed by atoms with Gasteiger partial charge in [-0.05, 0) is 17.1 Å². The van der Waals surface area contributed by atoms with Gasteiger partial charge in [0.25, 0.3) is 0 Å². The van der Waals surface area contributed by atoms with Crippen molar-refractivity contribution in [3.05, 3.63) is 48.0 Å². The first-order valence-electron chi connectivity index (χ1n) is 6.53. The van der Waals surface area contributed by atoms with Gasteiger partial charge < -0.3 is 10.1 Å². The van der Waals surface area contributed by atoms with Crippen LogP contribution in [-0.4, -0.2) is 18.4 Å². The van der Waals surface area contributed by atoms with E-state index in [1.165, 1.54) is 6.08 Å². The van der Waals surface area contributed by atoms with Gasteiger partial charge in [-0.25, -0.2) is 0 Å². The fraction of sp³-hybridized carbons (Fsp3) is 0.375. The molecule has 1 rings (SSSR count). The normalized spacial score (nSPS) is 11.3. The molecule has 4 nitrogen and oxygen atoms in total. The molecular weight excluding hydrogens is 254 g/mol. The van der Waals surface area contributed by atoms with Gasteiger partial charge in [0, 0.05) is 0 Å². The highest BCUT2D eigenvalue weighted by Crippen LogP contribution is 2.13. The Morgan fingerprint density at radius 2 is 1.85 bits per heavy atom. The second-order valence-corrected chi connectivity index (χ2v) is 5.56. The molecular formula is C16H21NO3. The van der Waals surface area contributed by atoms with Crippen molar-refractivity contribution in [2.24, 2.45) is 5.41 Å². The summed E-state index contributed by atoms with van der Waals surface area (Å²) in [6.07, 6.45) is 3.22. The number of rotatable bonds is 5. The van der Waals surface area contributed by atoms with Gasteiger partial charge in [-0.2, -0.15) is 0 Å². The summed E-state index contributed by atoms with van der Waals surface area (Å²) in [6.45, 7) is 6.06. The first-order chi connectivity index (χ1) is 9.37. The second-order valence-electron chi connectivity index (χ2n) is 5.56. The molecule has 0 aliphatic rings. The Balaban J connectivity index is 2.26. The van der Waals surface area contributed by atoms with E-state index < -0.39 is 5.97 Å². The molecule has 0 heterocycles. The van der Waals surface area contributed by atoms with E-state index >= 15 is 0 Å². The molecule has 0 aliphatic heterocycles. The van der Waals surface area contributed by atoms with Crippen LogP contribution in [0.15, 0.2) is 42.5 Å². The number of allylic oxidation sites excluding steroid dienone is 1. The van der Waals surface area contributed by atoms with Gasteiger partial charge >= 0.3 is 5.97 Å². The quantitative estimate of drug-likeness (QED) is 0.663. The number of hydrogen-bond acceptors (Lipinski definition) is 3. The van der Waals surface area contributed by atoms with Crippen molar-refractivity contribution in [3.63, 3.8) is 0 Å². The lowest BCUT2D eigenvalue weighted by Crippen LogP contribution is -2.29. The molecule has 20 heavy (non-hydrogen) atoms. The van der Waals surface area contributed by atoms with Crippen molar-refractivity contribution in [3.8, 4) is 0 Å². The molecule has 0 unspecified atom stereocenters. The van der Waals surface area contributed by atoms with Crippen molar-refractivity contribution in [1.82, 2.24) is 5.32 Å². The van der Waals surface area contributed by atoms with E-state index in [4.69, 9.17) is 4.74 Å². The first kappa shape index (κ1) is 16.0. The van der Waals surface area contributed by atoms with Crippen LogP contribution in [0.2, 0.25) is 0 Å². The summed E-state index contributed by atoms with van der Waals surface area (Å²) in [5.41, 5.74) is 0.852. The zero-order chi connectivity index (χ0) is 15.0. The van der Waals surface area contributed by atoms with Gasteiger partial charge in [-0.15, -0.1) is 0 Å². The molecule has 1 aromatic carbocycles. The molecule has 4 heteroatoms. The van der Waals surface area contributed by atoms with E-state index in [1.807, 2.05) is 51.1 Å². The maximum atomic E-state index is 11.5. The Hall–Kier alpha value is -2.10. The van der Waals surface area contributed by atoms with Crippen LogP contribution < -0.4 is 5.32 Å². The van der Waals surface area contributed by atoms with Crippen LogP contribution in [0, 0.1) is 5.41 Å². The number of hydrogen-bond donors (Lipinski definition) is 1. The van der Waals surface area contributed by atoms with Crippen molar-refractivity contribution in [2.45, 2.75) is 27.4 Å². The Bertz CT molecular complexity index is 472. The van der Waals surface area contributed by atoms with E-state index in [-0.39, 0.29) is 24.5 Å². The lowest BCUT2D eigenvalue weighted by Gasteiger charge is -2.10. The highest BCUT2D eigenvalue weighted by molar-refractivity contribution is 5.90. The lowest BCUT2D eigenvalue weighted by molar-refractivity contribution is -0.144. The van der Waals surface area contributed by atoms with Crippen LogP contribution in [-0.2, 0) is 20.9 Å². The summed E-state index contributed by atoms with van der Waals surface area (Å²) in [5.74, 6) is -0.747. The van der Waals surface area contributed by atoms with Crippen LogP contribution in [0.5, 0.6) is 0 Å². The molecule has 0 aliphatic carbocycles. The standard InChI is InChI=1S/C16H21NO3/c1-16(2,3)10-9-14(18)17-11-15(19)20-12-13-7-5-4-6-8-13/h4-10H,11-12H2,1-3H3,(H,17,18). The summed E-state index contributed by atoms with van der Waals surface area (Å²) >= 11 is 0. The number of nitrogens with one attached hydrogen (secondary N) is 1. The highest BCUT2D eigenvalue weighted by Gasteiger charge is 2.07. The Labute approximate surface area is 119 Å². The van der Waals surface area contributed by atoms with Gasteiger partial charge in [0.15, 0.2) is 0 Å². The molecule has 0 radical (unpaired) electrons. The second kappa shape index (κ2) is 7.48. The molecule has 0 fully saturated rings. The average molecular weight is 275 g/mol. The average Bonchev–Trinajstić information content (AvgIpc) is 2.41. The topological polar surface area (TPSA) is 55.4 Å². The third-order valence-electron chi connectivity index (χ3n) is 2.38. The predicted molar refractivity (Wildman–Crippen MR) is 77.8 cm³/mol. The van der Waals surface area contributed by atoms with Gasteiger partial charge in [0.1, 0.15) is 13.2 Å². The number of carbonyl (C=O) groups is 2. The Morgan fingerprint density at radius 3 is 2.45 bits per heavy atom. The first-order valence-corrected chi connectivity index (χ1v) is 6.53. The molecule has 1 N–H and O–H groups in total. The molecule has 0 saturated carbocycles. The highest BCUT2D eigenvalue weighted by atomic mass is 16.5. The summed E-state index contributed by atoms with van der Waals surface area (Å²) in [5, 5.41) is 2.49. The predicted octanol–water partition coefficient (Wildman–Crippen LogP) is 2.45. The molecule has 0 spiro atoms. The summed E-state index contributed by atoms with van der Waals surface area (Å²) in [4.78, 5) is 22.9. The smallest absolute Gasteiger partial charge is 0.325 e. The SMILES string of the molecule is CC(C)(C)C=CC(=O)NCC(=O)OCc1ccccc1. The summed E-state index contributed by atoms with van der Waals surface area (Å²) in [6, 6.07) is 9.40. The molecule has 0 atom stereocenters. The molecule has 1 aromatic rings. The molecule has 0 bridgehead atoms. The fourth-order valence-electron chi connectivity index (χ4n) is 1.33. The molecule has 1 amide bonds. The minimum Gasteiger partial charge on any atom is -0.460 e. The third kappa shape index (κ3) is 7.36. The number of benzene rings is 1. The van der Waals surface area contributed by atoms with E-state index in [0.717, 1.165) is 5.56 Å². The van der Waals surface area contributed by atoms with Gasteiger partial charge in [-0.3, -0.25) is 9.59 Å². The van der Waals surface area contributed by atoms with Crippen molar-refractivity contribution >= 4 is 11.9 Å². The van der Waals surface area contributed by atoms with Gasteiger partial charge in [0.05, 0.1) is 0 Å². The van der Waals surface area contributed by atoms with Crippen LogP contribution in [0.1, 0.15) is 26.3 Å². The van der Waals surface area contributed by atoms with Crippen LogP contribution in [0.3, 0.4) is 0 Å². The minimum atomic E-state index is -0.452. The minimum absolute atomic E-state index is 0.0643. The van der Waals surface area contributed by atoms with Gasteiger partial charge in [0.2, 0.25) is 5.91 Å². The van der Waals surface area contributed by atoms with Crippen LogP contribution >= 0.6 is 0 Å². The Kier molecular flexibility index (Phi) is 5.97. The monoisotopic (exact) mass is 275 g/mol. The lowest BCUT2D eigenvalue weighted by atomic mass is 9.96. The number of amides is 1. The fourth-order valence-corrected chi connectivity index (χ4v) is 1.33.